The van der Waals surface area contributed by atoms with E-state index >= 15 is 0 Å². The van der Waals surface area contributed by atoms with Gasteiger partial charge in [-0.1, -0.05) is 30.3 Å². The molecule has 0 saturated carbocycles. The van der Waals surface area contributed by atoms with Gasteiger partial charge in [0.05, 0.1) is 6.54 Å². The van der Waals surface area contributed by atoms with Gasteiger partial charge in [-0.2, -0.15) is 0 Å². The number of benzene rings is 1. The summed E-state index contributed by atoms with van der Waals surface area (Å²) in [6.07, 6.45) is 1.16. The van der Waals surface area contributed by atoms with Gasteiger partial charge < -0.3 is 0 Å². The maximum absolute atomic E-state index is 13.4. The van der Waals surface area contributed by atoms with Crippen LogP contribution >= 0.6 is 0 Å². The van der Waals surface area contributed by atoms with E-state index in [1.54, 1.807) is 30.3 Å². The molecule has 1 N–H and O–H groups in total. The van der Waals surface area contributed by atoms with E-state index in [0.29, 0.717) is 5.56 Å². The van der Waals surface area contributed by atoms with Gasteiger partial charge in [0.15, 0.2) is 11.6 Å². The summed E-state index contributed by atoms with van der Waals surface area (Å²) < 4.78 is 39.0. The van der Waals surface area contributed by atoms with E-state index < -0.39 is 33.2 Å². The molecule has 0 saturated heterocycles. The molecule has 1 heterocycles. The zero-order chi connectivity index (χ0) is 14.6. The lowest BCUT2D eigenvalue weighted by atomic mass is 10.1. The molecule has 5 nitrogen and oxygen atoms in total. The van der Waals surface area contributed by atoms with Crippen LogP contribution in [0.15, 0.2) is 53.7 Å². The first-order valence-electron chi connectivity index (χ1n) is 5.69. The van der Waals surface area contributed by atoms with Gasteiger partial charge in [0.25, 0.3) is 10.0 Å². The van der Waals surface area contributed by atoms with Crippen molar-refractivity contribution in [1.29, 1.82) is 0 Å². The van der Waals surface area contributed by atoms with E-state index in [1.165, 1.54) is 6.07 Å². The van der Waals surface area contributed by atoms with Crippen LogP contribution < -0.4 is 4.72 Å². The van der Waals surface area contributed by atoms with Crippen molar-refractivity contribution in [3.8, 4) is 0 Å². The van der Waals surface area contributed by atoms with E-state index in [0.717, 1.165) is 12.3 Å². The normalized spacial score (nSPS) is 11.2. The molecule has 0 amide bonds. The van der Waals surface area contributed by atoms with Crippen molar-refractivity contribution in [2.24, 2.45) is 0 Å². The van der Waals surface area contributed by atoms with Gasteiger partial charge in [0.1, 0.15) is 0 Å². The highest BCUT2D eigenvalue weighted by molar-refractivity contribution is 7.89. The third-order valence-electron chi connectivity index (χ3n) is 2.50. The number of halogens is 1. The number of sulfonamides is 1. The van der Waals surface area contributed by atoms with Crippen LogP contribution in [0, 0.1) is 5.82 Å². The minimum atomic E-state index is -4.15. The Hall–Kier alpha value is -2.12. The summed E-state index contributed by atoms with van der Waals surface area (Å²) in [6.45, 7) is -0.456. The Labute approximate surface area is 115 Å². The fourth-order valence-corrected chi connectivity index (χ4v) is 2.51. The average Bonchev–Trinajstić information content (AvgIpc) is 2.46. The molecule has 0 unspecified atom stereocenters. The molecule has 1 aromatic heterocycles. The Kier molecular flexibility index (Phi) is 4.21. The van der Waals surface area contributed by atoms with E-state index in [9.17, 15) is 17.6 Å². The maximum atomic E-state index is 13.4. The predicted molar refractivity (Wildman–Crippen MR) is 70.2 cm³/mol. The SMILES string of the molecule is O=C(CNS(=O)(=O)c1ncccc1F)c1ccccc1. The average molecular weight is 294 g/mol. The zero-order valence-corrected chi connectivity index (χ0v) is 11.1. The second-order valence-electron chi connectivity index (χ2n) is 3.90. The summed E-state index contributed by atoms with van der Waals surface area (Å²) in [5.41, 5.74) is 0.372. The number of rotatable bonds is 5. The van der Waals surface area contributed by atoms with Crippen molar-refractivity contribution in [2.75, 3.05) is 6.54 Å². The monoisotopic (exact) mass is 294 g/mol. The van der Waals surface area contributed by atoms with Crippen LogP contribution in [0.4, 0.5) is 4.39 Å². The number of hydrogen-bond donors (Lipinski definition) is 1. The topological polar surface area (TPSA) is 76.1 Å². The Balaban J connectivity index is 2.11. The molecule has 7 heteroatoms. The molecule has 0 bridgehead atoms. The summed E-state index contributed by atoms with van der Waals surface area (Å²) in [5.74, 6) is -1.38. The molecule has 0 spiro atoms. The highest BCUT2D eigenvalue weighted by Gasteiger charge is 2.21. The number of carbonyl (C=O) groups is 1. The van der Waals surface area contributed by atoms with Crippen molar-refractivity contribution in [3.63, 3.8) is 0 Å². The standard InChI is InChI=1S/C13H11FN2O3S/c14-11-7-4-8-15-13(11)20(18,19)16-9-12(17)10-5-2-1-3-6-10/h1-8,16H,9H2. The Morgan fingerprint density at radius 1 is 1.15 bits per heavy atom. The predicted octanol–water partition coefficient (Wildman–Crippen LogP) is 1.38. The number of nitrogens with zero attached hydrogens (tertiary/aromatic N) is 1. The molecule has 0 aliphatic rings. The highest BCUT2D eigenvalue weighted by atomic mass is 32.2. The third-order valence-corrected chi connectivity index (χ3v) is 3.83. The number of hydrogen-bond acceptors (Lipinski definition) is 4. The molecule has 2 rings (SSSR count). The lowest BCUT2D eigenvalue weighted by Gasteiger charge is -2.06. The minimum absolute atomic E-state index is 0.372. The van der Waals surface area contributed by atoms with Gasteiger partial charge in [-0.25, -0.2) is 22.5 Å². The van der Waals surface area contributed by atoms with Crippen LogP contribution in [0.5, 0.6) is 0 Å². The van der Waals surface area contributed by atoms with E-state index in [1.807, 2.05) is 4.72 Å². The molecule has 104 valence electrons. The number of nitrogens with one attached hydrogen (secondary N) is 1. The lowest BCUT2D eigenvalue weighted by Crippen LogP contribution is -2.30. The van der Waals surface area contributed by atoms with Gasteiger partial charge in [-0.3, -0.25) is 4.79 Å². The number of carbonyl (C=O) groups excluding carboxylic acids is 1. The molecule has 0 atom stereocenters. The minimum Gasteiger partial charge on any atom is -0.293 e. The van der Waals surface area contributed by atoms with Gasteiger partial charge in [-0.05, 0) is 12.1 Å². The molecule has 0 aliphatic heterocycles. The summed E-state index contributed by atoms with van der Waals surface area (Å²) in [4.78, 5) is 15.2. The van der Waals surface area contributed by atoms with Gasteiger partial charge in [-0.15, -0.1) is 0 Å². The first-order chi connectivity index (χ1) is 9.50. The van der Waals surface area contributed by atoms with E-state index in [2.05, 4.69) is 4.98 Å². The molecule has 1 aromatic carbocycles. The van der Waals surface area contributed by atoms with Crippen molar-refractivity contribution in [1.82, 2.24) is 9.71 Å². The van der Waals surface area contributed by atoms with Crippen LogP contribution in [0.25, 0.3) is 0 Å². The van der Waals surface area contributed by atoms with E-state index in [4.69, 9.17) is 0 Å². The molecule has 20 heavy (non-hydrogen) atoms. The van der Waals surface area contributed by atoms with Crippen molar-refractivity contribution >= 4 is 15.8 Å². The summed E-state index contributed by atoms with van der Waals surface area (Å²) in [5, 5.41) is -0.721. The first-order valence-corrected chi connectivity index (χ1v) is 7.17. The quantitative estimate of drug-likeness (QED) is 0.845. The Morgan fingerprint density at radius 3 is 2.50 bits per heavy atom. The Bertz CT molecular complexity index is 717. The number of pyridine rings is 1. The van der Waals surface area contributed by atoms with Crippen molar-refractivity contribution in [3.05, 3.63) is 60.0 Å². The molecule has 0 radical (unpaired) electrons. The summed E-state index contributed by atoms with van der Waals surface area (Å²) in [6, 6.07) is 10.5. The molecular formula is C13H11FN2O3S. The van der Waals surface area contributed by atoms with Crippen LogP contribution in [0.3, 0.4) is 0 Å². The first kappa shape index (κ1) is 14.3. The van der Waals surface area contributed by atoms with Crippen LogP contribution in [0.2, 0.25) is 0 Å². The second-order valence-corrected chi connectivity index (χ2v) is 5.59. The Morgan fingerprint density at radius 2 is 1.85 bits per heavy atom. The zero-order valence-electron chi connectivity index (χ0n) is 10.3. The van der Waals surface area contributed by atoms with Crippen LogP contribution in [0.1, 0.15) is 10.4 Å². The smallest absolute Gasteiger partial charge is 0.261 e. The fourth-order valence-electron chi connectivity index (χ4n) is 1.52. The molecule has 0 aliphatic carbocycles. The number of aromatic nitrogens is 1. The number of Topliss-reactive ketones (excluding diaryl/α,β-unsaturated/α-hetero) is 1. The van der Waals surface area contributed by atoms with Crippen molar-refractivity contribution < 1.29 is 17.6 Å². The van der Waals surface area contributed by atoms with Gasteiger partial charge in [0, 0.05) is 11.8 Å². The second kappa shape index (κ2) is 5.89. The van der Waals surface area contributed by atoms with E-state index in [-0.39, 0.29) is 0 Å². The number of ketones is 1. The van der Waals surface area contributed by atoms with Crippen LogP contribution in [-0.2, 0) is 10.0 Å². The summed E-state index contributed by atoms with van der Waals surface area (Å²) >= 11 is 0. The van der Waals surface area contributed by atoms with Crippen molar-refractivity contribution in [2.45, 2.75) is 5.03 Å². The highest BCUT2D eigenvalue weighted by Crippen LogP contribution is 2.09. The molecular weight excluding hydrogens is 283 g/mol. The fraction of sp³-hybridized carbons (Fsp3) is 0.0769. The van der Waals surface area contributed by atoms with Crippen LogP contribution in [-0.4, -0.2) is 25.7 Å². The lowest BCUT2D eigenvalue weighted by molar-refractivity contribution is 0.0997. The molecule has 0 fully saturated rings. The van der Waals surface area contributed by atoms with Gasteiger partial charge >= 0.3 is 0 Å². The molecule has 2 aromatic rings. The summed E-state index contributed by atoms with van der Waals surface area (Å²) in [7, 11) is -4.15. The third kappa shape index (κ3) is 3.25. The van der Waals surface area contributed by atoms with Gasteiger partial charge in [0.2, 0.25) is 5.03 Å². The largest absolute Gasteiger partial charge is 0.293 e. The maximum Gasteiger partial charge on any atom is 0.261 e.